The van der Waals surface area contributed by atoms with Crippen LogP contribution in [0.5, 0.6) is 0 Å². The molecule has 38 heavy (non-hydrogen) atoms. The topological polar surface area (TPSA) is 8.29 Å². The molecule has 5 aromatic carbocycles. The molecule has 0 aliphatic carbocycles. The van der Waals surface area contributed by atoms with E-state index in [1.54, 1.807) is 0 Å². The van der Waals surface area contributed by atoms with E-state index in [1.165, 1.54) is 82.4 Å². The average molecular weight is 488 g/mol. The molecule has 2 nitrogen and oxygen atoms in total. The van der Waals surface area contributed by atoms with Crippen LogP contribution in [0, 0.1) is 13.8 Å². The summed E-state index contributed by atoms with van der Waals surface area (Å²) in [6, 6.07) is 37.8. The maximum Gasteiger partial charge on any atom is 0.224 e. The smallest absolute Gasteiger partial charge is 0.224 e. The summed E-state index contributed by atoms with van der Waals surface area (Å²) in [5.74, 6) is 0. The van der Waals surface area contributed by atoms with E-state index in [-0.39, 0.29) is 0 Å². The van der Waals surface area contributed by atoms with Crippen molar-refractivity contribution in [3.63, 3.8) is 0 Å². The molecule has 0 aliphatic heterocycles. The van der Waals surface area contributed by atoms with Gasteiger partial charge in [-0.25, -0.2) is 4.57 Å². The zero-order valence-corrected chi connectivity index (χ0v) is 21.8. The summed E-state index contributed by atoms with van der Waals surface area (Å²) in [5.41, 5.74) is 12.8. The van der Waals surface area contributed by atoms with Crippen molar-refractivity contribution in [2.75, 3.05) is 0 Å². The molecule has 3 heterocycles. The Labute approximate surface area is 221 Å². The molecule has 180 valence electrons. The number of pyridine rings is 2. The normalized spacial score (nSPS) is 12.1. The summed E-state index contributed by atoms with van der Waals surface area (Å²) in [5, 5.41) is 6.57. The summed E-state index contributed by atoms with van der Waals surface area (Å²) in [4.78, 5) is 0. The van der Waals surface area contributed by atoms with Crippen molar-refractivity contribution in [2.24, 2.45) is 7.05 Å². The summed E-state index contributed by atoms with van der Waals surface area (Å²) in [6.07, 6.45) is 2.22. The average Bonchev–Trinajstić information content (AvgIpc) is 3.28. The van der Waals surface area contributed by atoms with E-state index >= 15 is 0 Å². The predicted molar refractivity (Wildman–Crippen MR) is 160 cm³/mol. The lowest BCUT2D eigenvalue weighted by Crippen LogP contribution is -2.29. The second-order valence-corrected chi connectivity index (χ2v) is 10.6. The van der Waals surface area contributed by atoms with Gasteiger partial charge in [0, 0.05) is 16.8 Å². The number of hydrogen-bond donors (Lipinski definition) is 0. The van der Waals surface area contributed by atoms with Crippen LogP contribution in [-0.4, -0.2) is 4.40 Å². The van der Waals surface area contributed by atoms with E-state index in [1.807, 2.05) is 0 Å². The van der Waals surface area contributed by atoms with Gasteiger partial charge in [0.15, 0.2) is 6.20 Å². The van der Waals surface area contributed by atoms with Crippen molar-refractivity contribution in [1.82, 2.24) is 4.40 Å². The van der Waals surface area contributed by atoms with Crippen LogP contribution < -0.4 is 4.57 Å². The van der Waals surface area contributed by atoms with Crippen LogP contribution >= 0.6 is 0 Å². The minimum atomic E-state index is 1.24. The van der Waals surface area contributed by atoms with E-state index in [0.717, 1.165) is 0 Å². The van der Waals surface area contributed by atoms with Crippen LogP contribution in [0.25, 0.3) is 71.3 Å². The summed E-state index contributed by atoms with van der Waals surface area (Å²) < 4.78 is 4.85. The van der Waals surface area contributed by atoms with E-state index < -0.39 is 0 Å². The third-order valence-corrected chi connectivity index (χ3v) is 8.48. The molecule has 0 saturated heterocycles. The van der Waals surface area contributed by atoms with Gasteiger partial charge in [0.25, 0.3) is 0 Å². The van der Waals surface area contributed by atoms with Crippen LogP contribution in [0.4, 0.5) is 0 Å². The Morgan fingerprint density at radius 1 is 0.579 bits per heavy atom. The molecule has 8 aromatic rings. The first-order valence-corrected chi connectivity index (χ1v) is 13.3. The lowest BCUT2D eigenvalue weighted by Gasteiger charge is -2.15. The third-order valence-electron chi connectivity index (χ3n) is 8.48. The first kappa shape index (κ1) is 21.4. The molecular weight excluding hydrogens is 460 g/mol. The lowest BCUT2D eigenvalue weighted by molar-refractivity contribution is -0.643. The quantitative estimate of drug-likeness (QED) is 0.131. The predicted octanol–water partition coefficient (Wildman–Crippen LogP) is 8.77. The number of hydrogen-bond acceptors (Lipinski definition) is 0. The van der Waals surface area contributed by atoms with Crippen LogP contribution in [0.2, 0.25) is 0 Å². The maximum atomic E-state index is 2.54. The Balaban J connectivity index is 1.66. The number of nitrogens with zero attached hydrogens (tertiary/aromatic N) is 2. The fraction of sp³-hybridized carbons (Fsp3) is 0.0833. The van der Waals surface area contributed by atoms with Crippen molar-refractivity contribution in [3.05, 3.63) is 120 Å². The summed E-state index contributed by atoms with van der Waals surface area (Å²) in [6.45, 7) is 4.53. The first-order valence-electron chi connectivity index (χ1n) is 13.3. The van der Waals surface area contributed by atoms with Crippen molar-refractivity contribution >= 4 is 49.0 Å². The SMILES string of the molecule is Cc1cc2c3ccc(-c4ccccc4)cc3n3c4cc(-c5ccccc5)cc5cc[n+](C)c(c(c1C)c23)c54. The number of benzene rings is 5. The third kappa shape index (κ3) is 2.80. The van der Waals surface area contributed by atoms with Crippen molar-refractivity contribution in [1.29, 1.82) is 0 Å². The van der Waals surface area contributed by atoms with E-state index in [2.05, 4.69) is 139 Å². The minimum absolute atomic E-state index is 1.24. The Hall–Kier alpha value is -4.69. The second-order valence-electron chi connectivity index (χ2n) is 10.6. The van der Waals surface area contributed by atoms with Gasteiger partial charge in [-0.15, -0.1) is 0 Å². The highest BCUT2D eigenvalue weighted by Crippen LogP contribution is 2.43. The number of fused-ring (bicyclic) bond motifs is 5. The molecular formula is C36H27N2+. The van der Waals surface area contributed by atoms with Gasteiger partial charge in [0.2, 0.25) is 5.52 Å². The highest BCUT2D eigenvalue weighted by molar-refractivity contribution is 6.26. The molecule has 0 N–H and O–H groups in total. The molecule has 0 saturated carbocycles. The Morgan fingerprint density at radius 3 is 2.00 bits per heavy atom. The summed E-state index contributed by atoms with van der Waals surface area (Å²) in [7, 11) is 2.18. The van der Waals surface area contributed by atoms with Gasteiger partial charge in [-0.3, -0.25) is 0 Å². The van der Waals surface area contributed by atoms with Crippen molar-refractivity contribution in [3.8, 4) is 22.3 Å². The van der Waals surface area contributed by atoms with Crippen molar-refractivity contribution < 1.29 is 4.57 Å². The van der Waals surface area contributed by atoms with Gasteiger partial charge in [-0.05, 0) is 76.9 Å². The highest BCUT2D eigenvalue weighted by Gasteiger charge is 2.25. The maximum absolute atomic E-state index is 2.54. The fourth-order valence-corrected chi connectivity index (χ4v) is 6.51. The van der Waals surface area contributed by atoms with Crippen molar-refractivity contribution in [2.45, 2.75) is 13.8 Å². The minimum Gasteiger partial charge on any atom is -0.307 e. The van der Waals surface area contributed by atoms with E-state index in [0.29, 0.717) is 0 Å². The van der Waals surface area contributed by atoms with Gasteiger partial charge in [-0.2, -0.15) is 0 Å². The lowest BCUT2D eigenvalue weighted by atomic mass is 9.94. The fourth-order valence-electron chi connectivity index (χ4n) is 6.51. The van der Waals surface area contributed by atoms with Gasteiger partial charge in [0.05, 0.1) is 27.3 Å². The number of rotatable bonds is 2. The molecule has 0 atom stereocenters. The molecule has 0 bridgehead atoms. The zero-order chi connectivity index (χ0) is 25.5. The highest BCUT2D eigenvalue weighted by atomic mass is 15.0. The molecule has 2 heteroatoms. The molecule has 0 aliphatic rings. The zero-order valence-electron chi connectivity index (χ0n) is 21.8. The Kier molecular flexibility index (Phi) is 4.31. The standard InChI is InChI=1S/C36H27N2/c1-22-18-30-29-15-14-26(24-10-6-4-7-11-24)20-31(29)38-32-21-28(25-12-8-5-9-13-25)19-27-16-17-37(3)36(34(27)32)33(23(22)2)35(30)38/h4-21H,1-3H3/q+1. The van der Waals surface area contributed by atoms with Gasteiger partial charge in [-0.1, -0.05) is 72.8 Å². The molecule has 0 unspecified atom stereocenters. The monoisotopic (exact) mass is 487 g/mol. The van der Waals surface area contributed by atoms with Crippen LogP contribution in [-0.2, 0) is 7.05 Å². The van der Waals surface area contributed by atoms with E-state index in [9.17, 15) is 0 Å². The van der Waals surface area contributed by atoms with Crippen LogP contribution in [0.3, 0.4) is 0 Å². The number of aryl methyl sites for hydroxylation is 3. The Morgan fingerprint density at radius 2 is 1.26 bits per heavy atom. The second kappa shape index (κ2) is 7.66. The molecule has 8 rings (SSSR count). The number of aromatic nitrogens is 2. The van der Waals surface area contributed by atoms with Gasteiger partial charge < -0.3 is 4.40 Å². The van der Waals surface area contributed by atoms with Gasteiger partial charge in [0.1, 0.15) is 7.05 Å². The largest absolute Gasteiger partial charge is 0.307 e. The van der Waals surface area contributed by atoms with Crippen LogP contribution in [0.1, 0.15) is 11.1 Å². The molecule has 0 amide bonds. The van der Waals surface area contributed by atoms with E-state index in [4.69, 9.17) is 0 Å². The first-order chi connectivity index (χ1) is 18.6. The van der Waals surface area contributed by atoms with Crippen LogP contribution in [0.15, 0.2) is 109 Å². The molecule has 0 radical (unpaired) electrons. The summed E-state index contributed by atoms with van der Waals surface area (Å²) >= 11 is 0. The molecule has 0 spiro atoms. The Bertz CT molecular complexity index is 2190. The molecule has 0 fully saturated rings. The van der Waals surface area contributed by atoms with Gasteiger partial charge >= 0.3 is 0 Å². The molecule has 3 aromatic heterocycles.